The molecule has 0 bridgehead atoms. The monoisotopic (exact) mass is 710 g/mol. The first kappa shape index (κ1) is 36.8. The average Bonchev–Trinajstić information content (AvgIpc) is 3.15. The number of aliphatic hydroxyl groups is 3. The fourth-order valence-electron chi connectivity index (χ4n) is 7.52. The summed E-state index contributed by atoms with van der Waals surface area (Å²) in [7, 11) is -5.50. The molecule has 1 saturated carbocycles. The molecule has 0 heterocycles. The fourth-order valence-corrected chi connectivity index (χ4v) is 8.27. The van der Waals surface area contributed by atoms with E-state index in [1.54, 1.807) is 30.3 Å². The molecule has 0 aliphatic heterocycles. The van der Waals surface area contributed by atoms with Gasteiger partial charge in [0.2, 0.25) is 0 Å². The van der Waals surface area contributed by atoms with E-state index in [1.807, 2.05) is 121 Å². The molecule has 9 nitrogen and oxygen atoms in total. The molecule has 0 amide bonds. The van der Waals surface area contributed by atoms with Gasteiger partial charge in [-0.05, 0) is 27.8 Å². The van der Waals surface area contributed by atoms with Crippen molar-refractivity contribution in [2.45, 2.75) is 67.6 Å². The lowest BCUT2D eigenvalue weighted by molar-refractivity contribution is -0.370. The highest BCUT2D eigenvalue weighted by atomic mass is 31.2. The van der Waals surface area contributed by atoms with Gasteiger partial charge in [-0.25, -0.2) is 4.57 Å². The third kappa shape index (κ3) is 7.78. The Hall–Kier alpha value is -3.99. The molecule has 6 rings (SSSR count). The smallest absolute Gasteiger partial charge is 0.387 e. The number of benzene rings is 5. The van der Waals surface area contributed by atoms with Crippen molar-refractivity contribution >= 4 is 7.82 Å². The van der Waals surface area contributed by atoms with Crippen molar-refractivity contribution in [1.29, 1.82) is 0 Å². The van der Waals surface area contributed by atoms with Crippen LogP contribution in [0.1, 0.15) is 27.8 Å². The normalized spacial score (nSPS) is 26.5. The molecular weight excluding hydrogens is 667 g/mol. The van der Waals surface area contributed by atoms with Crippen LogP contribution in [0, 0.1) is 0 Å². The second kappa shape index (κ2) is 15.7. The summed E-state index contributed by atoms with van der Waals surface area (Å²) in [5.74, 6) is 0. The Labute approximate surface area is 298 Å². The summed E-state index contributed by atoms with van der Waals surface area (Å²) in [5, 5.41) is 36.9. The molecule has 0 radical (unpaired) electrons. The van der Waals surface area contributed by atoms with Gasteiger partial charge in [0.25, 0.3) is 0 Å². The van der Waals surface area contributed by atoms with Gasteiger partial charge in [0.05, 0.1) is 13.2 Å². The maximum Gasteiger partial charge on any atom is 0.470 e. The minimum atomic E-state index is -5.50. The van der Waals surface area contributed by atoms with Gasteiger partial charge in [0.15, 0.2) is 0 Å². The molecule has 10 heteroatoms. The van der Waals surface area contributed by atoms with Gasteiger partial charge in [0.1, 0.15) is 35.1 Å². The van der Waals surface area contributed by atoms with Crippen molar-refractivity contribution in [3.63, 3.8) is 0 Å². The summed E-state index contributed by atoms with van der Waals surface area (Å²) in [6.07, 6.45) is -6.52. The van der Waals surface area contributed by atoms with Gasteiger partial charge in [-0.15, -0.1) is 0 Å². The summed E-state index contributed by atoms with van der Waals surface area (Å²) < 4.78 is 33.4. The second-order valence-corrected chi connectivity index (χ2v) is 14.3. The van der Waals surface area contributed by atoms with E-state index in [4.69, 9.17) is 14.0 Å². The van der Waals surface area contributed by atoms with E-state index < -0.39 is 42.9 Å². The van der Waals surface area contributed by atoms with Gasteiger partial charge in [0, 0.05) is 19.3 Å². The van der Waals surface area contributed by atoms with Crippen LogP contribution in [0.2, 0.25) is 0 Å². The molecule has 6 unspecified atom stereocenters. The number of ether oxygens (including phenoxy) is 2. The van der Waals surface area contributed by atoms with Crippen molar-refractivity contribution in [3.05, 3.63) is 179 Å². The molecule has 5 aromatic carbocycles. The Bertz CT molecular complexity index is 1860. The first-order chi connectivity index (χ1) is 24.6. The first-order valence-electron chi connectivity index (χ1n) is 16.9. The summed E-state index contributed by atoms with van der Waals surface area (Å²) in [6, 6.07) is 45.5. The number of phosphoric acid groups is 1. The molecule has 1 fully saturated rings. The third-order valence-corrected chi connectivity index (χ3v) is 10.4. The first-order valence-corrected chi connectivity index (χ1v) is 18.4. The van der Waals surface area contributed by atoms with Crippen molar-refractivity contribution in [2.24, 2.45) is 0 Å². The lowest BCUT2D eigenvalue weighted by Gasteiger charge is -2.65. The van der Waals surface area contributed by atoms with Crippen molar-refractivity contribution < 1.29 is 43.7 Å². The largest absolute Gasteiger partial charge is 0.470 e. The summed E-state index contributed by atoms with van der Waals surface area (Å²) in [6.45, 7) is -0.217. The van der Waals surface area contributed by atoms with Crippen LogP contribution in [0.4, 0.5) is 0 Å². The van der Waals surface area contributed by atoms with Gasteiger partial charge in [-0.2, -0.15) is 0 Å². The quantitative estimate of drug-likeness (QED) is 0.0935. The highest BCUT2D eigenvalue weighted by Crippen LogP contribution is 2.60. The lowest BCUT2D eigenvalue weighted by Crippen LogP contribution is -2.86. The third-order valence-electron chi connectivity index (χ3n) is 9.83. The van der Waals surface area contributed by atoms with E-state index in [1.165, 1.54) is 0 Å². The number of rotatable bonds is 14. The van der Waals surface area contributed by atoms with Crippen molar-refractivity contribution in [2.75, 3.05) is 0 Å². The van der Waals surface area contributed by atoms with Crippen LogP contribution in [-0.2, 0) is 51.0 Å². The average molecular weight is 711 g/mol. The number of phosphoric ester groups is 1. The van der Waals surface area contributed by atoms with Gasteiger partial charge in [-0.1, -0.05) is 152 Å². The molecule has 1 aliphatic carbocycles. The Morgan fingerprint density at radius 3 is 1.22 bits per heavy atom. The second-order valence-electron chi connectivity index (χ2n) is 13.1. The maximum absolute atomic E-state index is 13.3. The maximum atomic E-state index is 13.3. The van der Waals surface area contributed by atoms with Gasteiger partial charge in [-0.3, -0.25) is 4.52 Å². The SMILES string of the molecule is O=P(O)(O)OC1(Cc2ccccc2)C(O)C(O)C(O)C(Cc2ccccc2)(OCc2ccccc2)C1(Cc1ccccc1)OCc1ccccc1. The number of hydrogen-bond acceptors (Lipinski definition) is 7. The van der Waals surface area contributed by atoms with Crippen LogP contribution < -0.4 is 0 Å². The number of aliphatic hydroxyl groups excluding tert-OH is 3. The minimum absolute atomic E-state index is 0.0872. The summed E-state index contributed by atoms with van der Waals surface area (Å²) in [4.78, 5) is 21.5. The Kier molecular flexibility index (Phi) is 11.3. The summed E-state index contributed by atoms with van der Waals surface area (Å²) >= 11 is 0. The Morgan fingerprint density at radius 2 is 0.804 bits per heavy atom. The van der Waals surface area contributed by atoms with Crippen molar-refractivity contribution in [3.8, 4) is 0 Å². The Balaban J connectivity index is 1.71. The molecule has 0 saturated heterocycles. The molecule has 0 aromatic heterocycles. The van der Waals surface area contributed by atoms with Crippen LogP contribution in [0.5, 0.6) is 0 Å². The van der Waals surface area contributed by atoms with Crippen LogP contribution >= 0.6 is 7.82 Å². The molecular formula is C41H43O9P. The standard InChI is InChI=1S/C41H43O9P/c42-36-37(43)39(26-31-16-6-1-7-17-31,48-29-34-22-12-4-13-23-34)41(28-33-20-10-3-11-21-33,49-30-35-24-14-5-15-25-35)40(38(36)44,50-51(45,46)47)27-32-18-8-2-9-19-32/h1-25,36-38,42-44H,26-30H2,(H2,45,46,47). The zero-order valence-corrected chi connectivity index (χ0v) is 28.9. The molecule has 0 spiro atoms. The van der Waals surface area contributed by atoms with E-state index in [9.17, 15) is 29.7 Å². The highest BCUT2D eigenvalue weighted by Gasteiger charge is 2.77. The van der Waals surface area contributed by atoms with Gasteiger partial charge >= 0.3 is 7.82 Å². The topological polar surface area (TPSA) is 146 Å². The van der Waals surface area contributed by atoms with Crippen LogP contribution in [0.25, 0.3) is 0 Å². The zero-order chi connectivity index (χ0) is 36.0. The molecule has 266 valence electrons. The predicted molar refractivity (Wildman–Crippen MR) is 192 cm³/mol. The Morgan fingerprint density at radius 1 is 0.471 bits per heavy atom. The molecule has 6 atom stereocenters. The lowest BCUT2D eigenvalue weighted by atomic mass is 9.54. The molecule has 5 aromatic rings. The van der Waals surface area contributed by atoms with E-state index in [2.05, 4.69) is 0 Å². The van der Waals surface area contributed by atoms with Gasteiger partial charge < -0.3 is 34.6 Å². The summed E-state index contributed by atoms with van der Waals surface area (Å²) in [5.41, 5.74) is -3.25. The molecule has 5 N–H and O–H groups in total. The van der Waals surface area contributed by atoms with Crippen molar-refractivity contribution in [1.82, 2.24) is 0 Å². The molecule has 51 heavy (non-hydrogen) atoms. The van der Waals surface area contributed by atoms with E-state index in [-0.39, 0.29) is 32.5 Å². The fraction of sp³-hybridized carbons (Fsp3) is 0.268. The predicted octanol–water partition coefficient (Wildman–Crippen LogP) is 5.57. The zero-order valence-electron chi connectivity index (χ0n) is 28.0. The van der Waals surface area contributed by atoms with Crippen LogP contribution in [-0.4, -0.2) is 60.2 Å². The van der Waals surface area contributed by atoms with Crippen LogP contribution in [0.15, 0.2) is 152 Å². The van der Waals surface area contributed by atoms with Crippen LogP contribution in [0.3, 0.4) is 0 Å². The minimum Gasteiger partial charge on any atom is -0.387 e. The van der Waals surface area contributed by atoms with E-state index in [0.29, 0.717) is 22.3 Å². The molecule has 1 aliphatic rings. The number of hydrogen-bond donors (Lipinski definition) is 5. The van der Waals surface area contributed by atoms with E-state index in [0.717, 1.165) is 5.56 Å². The highest BCUT2D eigenvalue weighted by molar-refractivity contribution is 7.46. The van der Waals surface area contributed by atoms with E-state index >= 15 is 0 Å².